The number of ketones is 1. The van der Waals surface area contributed by atoms with Crippen LogP contribution in [-0.2, 0) is 9.59 Å². The Morgan fingerprint density at radius 2 is 1.93 bits per heavy atom. The van der Waals surface area contributed by atoms with E-state index in [9.17, 15) is 14.7 Å². The third-order valence-corrected chi connectivity index (χ3v) is 5.75. The zero-order valence-corrected chi connectivity index (χ0v) is 17.1. The lowest BCUT2D eigenvalue weighted by molar-refractivity contribution is -0.140. The third kappa shape index (κ3) is 3.31. The summed E-state index contributed by atoms with van der Waals surface area (Å²) >= 11 is 0. The molecule has 2 N–H and O–H groups in total. The minimum atomic E-state index is -0.760. The molecule has 0 spiro atoms. The monoisotopic (exact) mass is 407 g/mol. The van der Waals surface area contributed by atoms with E-state index in [4.69, 9.17) is 4.42 Å². The number of carbonyl (C=O) groups is 2. The molecule has 4 rings (SSSR count). The second kappa shape index (κ2) is 8.20. The maximum atomic E-state index is 13.0. The van der Waals surface area contributed by atoms with Gasteiger partial charge in [-0.3, -0.25) is 9.59 Å². The van der Waals surface area contributed by atoms with Crippen molar-refractivity contribution in [2.45, 2.75) is 19.9 Å². The summed E-state index contributed by atoms with van der Waals surface area (Å²) in [6.45, 7) is 6.80. The number of carbonyl (C=O) groups excluding carboxylic acids is 2. The zero-order valence-electron chi connectivity index (χ0n) is 17.1. The van der Waals surface area contributed by atoms with E-state index < -0.39 is 17.7 Å². The van der Waals surface area contributed by atoms with Crippen LogP contribution in [0.15, 0.2) is 58.8 Å². The molecule has 1 saturated heterocycles. The largest absolute Gasteiger partial charge is 0.507 e. The maximum absolute atomic E-state index is 13.0. The average molecular weight is 407 g/mol. The number of nitrogens with zero attached hydrogens (tertiary/aromatic N) is 2. The van der Waals surface area contributed by atoms with Crippen LogP contribution in [0.3, 0.4) is 0 Å². The van der Waals surface area contributed by atoms with E-state index in [1.54, 1.807) is 18.3 Å². The van der Waals surface area contributed by atoms with Crippen molar-refractivity contribution in [3.63, 3.8) is 0 Å². The highest BCUT2D eigenvalue weighted by molar-refractivity contribution is 6.46. The first-order valence-corrected chi connectivity index (χ1v) is 10.2. The number of furan rings is 1. The predicted octanol–water partition coefficient (Wildman–Crippen LogP) is 3.52. The number of aliphatic hydroxyl groups excluding tert-OH is 1. The Morgan fingerprint density at radius 3 is 2.63 bits per heavy atom. The van der Waals surface area contributed by atoms with Crippen molar-refractivity contribution in [1.82, 2.24) is 14.8 Å². The van der Waals surface area contributed by atoms with Gasteiger partial charge in [0.05, 0.1) is 11.8 Å². The number of aliphatic hydroxyl groups is 1. The van der Waals surface area contributed by atoms with Crippen LogP contribution in [-0.4, -0.2) is 57.8 Å². The van der Waals surface area contributed by atoms with Crippen LogP contribution < -0.4 is 0 Å². The zero-order chi connectivity index (χ0) is 21.3. The fourth-order valence-corrected chi connectivity index (χ4v) is 4.05. The van der Waals surface area contributed by atoms with Gasteiger partial charge in [0.2, 0.25) is 0 Å². The molecule has 1 fully saturated rings. The van der Waals surface area contributed by atoms with E-state index >= 15 is 0 Å². The van der Waals surface area contributed by atoms with Crippen molar-refractivity contribution in [3.05, 3.63) is 65.8 Å². The number of nitrogens with one attached hydrogen (secondary N) is 1. The number of aromatic amines is 1. The third-order valence-electron chi connectivity index (χ3n) is 5.75. The predicted molar refractivity (Wildman–Crippen MR) is 114 cm³/mol. The van der Waals surface area contributed by atoms with Gasteiger partial charge < -0.3 is 24.3 Å². The average Bonchev–Trinajstić information content (AvgIpc) is 3.48. The molecule has 7 nitrogen and oxygen atoms in total. The molecule has 156 valence electrons. The van der Waals surface area contributed by atoms with E-state index in [1.165, 1.54) is 11.2 Å². The first-order valence-electron chi connectivity index (χ1n) is 10.2. The standard InChI is InChI=1S/C23H25N3O4/c1-3-25(4-2)11-12-26-20(18-10-7-13-30-18)19(22(28)23(26)29)21(27)16-14-24-17-9-6-5-8-15(16)17/h5-10,13-14,20,24,27H,3-4,11-12H2,1-2H3/b21-19-. The van der Waals surface area contributed by atoms with Crippen LogP contribution in [0, 0.1) is 0 Å². The second-order valence-corrected chi connectivity index (χ2v) is 7.28. The number of amides is 1. The van der Waals surface area contributed by atoms with Gasteiger partial charge in [-0.15, -0.1) is 0 Å². The van der Waals surface area contributed by atoms with Crippen LogP contribution in [0.25, 0.3) is 16.7 Å². The van der Waals surface area contributed by atoms with Gasteiger partial charge in [0.25, 0.3) is 11.7 Å². The molecule has 0 aliphatic carbocycles. The molecule has 3 heterocycles. The number of aromatic nitrogens is 1. The van der Waals surface area contributed by atoms with E-state index in [0.29, 0.717) is 24.4 Å². The molecule has 0 saturated carbocycles. The number of para-hydroxylation sites is 1. The van der Waals surface area contributed by atoms with Gasteiger partial charge in [0.1, 0.15) is 17.6 Å². The van der Waals surface area contributed by atoms with E-state index in [1.807, 2.05) is 24.3 Å². The highest BCUT2D eigenvalue weighted by atomic mass is 16.3. The number of H-pyrrole nitrogens is 1. The molecule has 1 amide bonds. The molecule has 1 aromatic carbocycles. The van der Waals surface area contributed by atoms with Crippen molar-refractivity contribution in [2.24, 2.45) is 0 Å². The first kappa shape index (κ1) is 20.0. The number of hydrogen-bond donors (Lipinski definition) is 2. The van der Waals surface area contributed by atoms with E-state index in [2.05, 4.69) is 23.7 Å². The Labute approximate surface area is 174 Å². The highest BCUT2D eigenvalue weighted by Crippen LogP contribution is 2.40. The molecule has 1 aliphatic rings. The number of hydrogen-bond acceptors (Lipinski definition) is 5. The fourth-order valence-electron chi connectivity index (χ4n) is 4.05. The molecule has 1 atom stereocenters. The van der Waals surface area contributed by atoms with Crippen LogP contribution in [0.2, 0.25) is 0 Å². The highest BCUT2D eigenvalue weighted by Gasteiger charge is 2.47. The minimum Gasteiger partial charge on any atom is -0.507 e. The summed E-state index contributed by atoms with van der Waals surface area (Å²) in [4.78, 5) is 32.7. The van der Waals surface area contributed by atoms with E-state index in [-0.39, 0.29) is 11.3 Å². The number of likely N-dealkylation sites (N-methyl/N-ethyl adjacent to an activating group) is 1. The summed E-state index contributed by atoms with van der Waals surface area (Å²) in [5, 5.41) is 11.9. The smallest absolute Gasteiger partial charge is 0.295 e. The number of Topliss-reactive ketones (excluding diaryl/α,β-unsaturated/α-hetero) is 1. The number of rotatable bonds is 7. The Hall–Kier alpha value is -3.32. The van der Waals surface area contributed by atoms with Crippen LogP contribution in [0.4, 0.5) is 0 Å². The molecule has 0 bridgehead atoms. The van der Waals surface area contributed by atoms with Crippen molar-refractivity contribution in [2.75, 3.05) is 26.2 Å². The summed E-state index contributed by atoms with van der Waals surface area (Å²) in [7, 11) is 0. The van der Waals surface area contributed by atoms with E-state index in [0.717, 1.165) is 24.0 Å². The molecule has 1 unspecified atom stereocenters. The van der Waals surface area contributed by atoms with Gasteiger partial charge in [-0.05, 0) is 31.3 Å². The quantitative estimate of drug-likeness (QED) is 0.355. The van der Waals surface area contributed by atoms with Crippen molar-refractivity contribution in [1.29, 1.82) is 0 Å². The lowest BCUT2D eigenvalue weighted by Gasteiger charge is -2.26. The lowest BCUT2D eigenvalue weighted by atomic mass is 9.99. The van der Waals surface area contributed by atoms with Crippen LogP contribution in [0.5, 0.6) is 0 Å². The van der Waals surface area contributed by atoms with Crippen LogP contribution >= 0.6 is 0 Å². The minimum absolute atomic E-state index is 0.0549. The topological polar surface area (TPSA) is 89.8 Å². The summed E-state index contributed by atoms with van der Waals surface area (Å²) in [5.41, 5.74) is 1.38. The number of fused-ring (bicyclic) bond motifs is 1. The van der Waals surface area contributed by atoms with Gasteiger partial charge >= 0.3 is 0 Å². The normalized spacial score (nSPS) is 18.8. The van der Waals surface area contributed by atoms with Crippen LogP contribution in [0.1, 0.15) is 31.2 Å². The SMILES string of the molecule is CCN(CC)CCN1C(=O)C(=O)/C(=C(\O)c2c[nH]c3ccccc23)C1c1ccco1. The Bertz CT molecular complexity index is 1090. The van der Waals surface area contributed by atoms with Gasteiger partial charge in [-0.2, -0.15) is 0 Å². The maximum Gasteiger partial charge on any atom is 0.295 e. The summed E-state index contributed by atoms with van der Waals surface area (Å²) < 4.78 is 5.58. The molecule has 30 heavy (non-hydrogen) atoms. The molecule has 3 aromatic rings. The number of likely N-dealkylation sites (tertiary alicyclic amines) is 1. The second-order valence-electron chi connectivity index (χ2n) is 7.28. The van der Waals surface area contributed by atoms with Gasteiger partial charge in [-0.1, -0.05) is 32.0 Å². The molecule has 2 aromatic heterocycles. The van der Waals surface area contributed by atoms with Crippen molar-refractivity contribution in [3.8, 4) is 0 Å². The van der Waals surface area contributed by atoms with Crippen molar-refractivity contribution < 1.29 is 19.1 Å². The van der Waals surface area contributed by atoms with Crippen molar-refractivity contribution >= 4 is 28.4 Å². The Morgan fingerprint density at radius 1 is 1.17 bits per heavy atom. The van der Waals surface area contributed by atoms with Gasteiger partial charge in [-0.25, -0.2) is 0 Å². The Kier molecular flexibility index (Phi) is 5.46. The molecule has 1 aliphatic heterocycles. The lowest BCUT2D eigenvalue weighted by Crippen LogP contribution is -2.37. The molecule has 7 heteroatoms. The Balaban J connectivity index is 1.80. The van der Waals surface area contributed by atoms with Gasteiger partial charge in [0, 0.05) is 35.8 Å². The molecular formula is C23H25N3O4. The first-order chi connectivity index (χ1) is 14.6. The fraction of sp³-hybridized carbons (Fsp3) is 0.304. The summed E-state index contributed by atoms with van der Waals surface area (Å²) in [6.07, 6.45) is 3.16. The summed E-state index contributed by atoms with van der Waals surface area (Å²) in [5.74, 6) is -1.06. The van der Waals surface area contributed by atoms with Gasteiger partial charge in [0.15, 0.2) is 0 Å². The number of benzene rings is 1. The summed E-state index contributed by atoms with van der Waals surface area (Å²) in [6, 6.07) is 10.2. The molecule has 0 radical (unpaired) electrons. The molecular weight excluding hydrogens is 382 g/mol.